The third-order valence-electron chi connectivity index (χ3n) is 3.47. The average Bonchev–Trinajstić information content (AvgIpc) is 2.80. The van der Waals surface area contributed by atoms with Crippen molar-refractivity contribution in [3.63, 3.8) is 0 Å². The molecule has 1 saturated heterocycles. The van der Waals surface area contributed by atoms with Crippen LogP contribution in [0.1, 0.15) is 6.42 Å². The number of benzene rings is 1. The minimum absolute atomic E-state index is 0.0129. The Morgan fingerprint density at radius 2 is 1.95 bits per heavy atom. The Morgan fingerprint density at radius 3 is 2.50 bits per heavy atom. The second-order valence-electron chi connectivity index (χ2n) is 5.35. The van der Waals surface area contributed by atoms with Gasteiger partial charge in [-0.3, -0.25) is 9.59 Å². The summed E-state index contributed by atoms with van der Waals surface area (Å²) in [5.41, 5.74) is 0.427. The van der Waals surface area contributed by atoms with Gasteiger partial charge in [-0.2, -0.15) is 0 Å². The highest BCUT2D eigenvalue weighted by Gasteiger charge is 2.34. The number of amides is 2. The van der Waals surface area contributed by atoms with Gasteiger partial charge in [0.1, 0.15) is 5.82 Å². The smallest absolute Gasteiger partial charge is 0.243 e. The molecule has 8 heteroatoms. The molecular weight excluding hydrogens is 311 g/mol. The van der Waals surface area contributed by atoms with Gasteiger partial charge in [0, 0.05) is 12.7 Å². The van der Waals surface area contributed by atoms with Gasteiger partial charge in [0.15, 0.2) is 9.84 Å². The number of anilines is 1. The van der Waals surface area contributed by atoms with Crippen LogP contribution >= 0.6 is 0 Å². The number of likely N-dealkylation sites (N-methyl/N-ethyl adjacent to an activating group) is 1. The molecular formula is C14H17FN2O4S. The third-order valence-corrected chi connectivity index (χ3v) is 5.23. The summed E-state index contributed by atoms with van der Waals surface area (Å²) >= 11 is 0. The van der Waals surface area contributed by atoms with E-state index < -0.39 is 27.5 Å². The Hall–Kier alpha value is -1.96. The van der Waals surface area contributed by atoms with Crippen molar-refractivity contribution < 1.29 is 22.4 Å². The molecule has 0 aromatic heterocycles. The molecule has 1 aliphatic heterocycles. The first-order valence-electron chi connectivity index (χ1n) is 6.78. The molecule has 22 heavy (non-hydrogen) atoms. The van der Waals surface area contributed by atoms with E-state index in [1.165, 1.54) is 36.2 Å². The average molecular weight is 328 g/mol. The number of sulfone groups is 1. The van der Waals surface area contributed by atoms with Crippen LogP contribution in [0.4, 0.5) is 10.1 Å². The first kappa shape index (κ1) is 16.4. The molecule has 0 spiro atoms. The van der Waals surface area contributed by atoms with Crippen LogP contribution in [-0.4, -0.2) is 50.2 Å². The van der Waals surface area contributed by atoms with Gasteiger partial charge in [-0.25, -0.2) is 12.8 Å². The van der Waals surface area contributed by atoms with Gasteiger partial charge < -0.3 is 10.2 Å². The van der Waals surface area contributed by atoms with Crippen molar-refractivity contribution in [1.29, 1.82) is 0 Å². The Kier molecular flexibility index (Phi) is 4.80. The number of carbonyl (C=O) groups is 2. The molecule has 6 nitrogen and oxygen atoms in total. The van der Waals surface area contributed by atoms with Crippen LogP contribution in [0.5, 0.6) is 0 Å². The molecule has 0 radical (unpaired) electrons. The van der Waals surface area contributed by atoms with E-state index in [1.807, 2.05) is 0 Å². The van der Waals surface area contributed by atoms with Crippen LogP contribution < -0.4 is 5.32 Å². The minimum Gasteiger partial charge on any atom is -0.336 e. The van der Waals surface area contributed by atoms with Crippen molar-refractivity contribution >= 4 is 27.3 Å². The predicted octanol–water partition coefficient (Wildman–Crippen LogP) is 0.657. The van der Waals surface area contributed by atoms with Crippen molar-refractivity contribution in [3.8, 4) is 0 Å². The number of nitrogens with zero attached hydrogens (tertiary/aromatic N) is 1. The maximum absolute atomic E-state index is 12.8. The first-order valence-corrected chi connectivity index (χ1v) is 8.60. The molecule has 0 aliphatic carbocycles. The first-order chi connectivity index (χ1) is 10.3. The minimum atomic E-state index is -3.14. The van der Waals surface area contributed by atoms with E-state index >= 15 is 0 Å². The Balaban J connectivity index is 1.88. The second kappa shape index (κ2) is 6.43. The lowest BCUT2D eigenvalue weighted by Crippen LogP contribution is -2.39. The lowest BCUT2D eigenvalue weighted by molar-refractivity contribution is -0.136. The van der Waals surface area contributed by atoms with Crippen molar-refractivity contribution in [2.75, 3.05) is 30.4 Å². The number of halogens is 1. The summed E-state index contributed by atoms with van der Waals surface area (Å²) in [6, 6.07) is 5.26. The molecule has 1 aromatic rings. The van der Waals surface area contributed by atoms with Gasteiger partial charge >= 0.3 is 0 Å². The molecule has 2 rings (SSSR count). The Morgan fingerprint density at radius 1 is 1.32 bits per heavy atom. The number of hydrogen-bond donors (Lipinski definition) is 1. The van der Waals surface area contributed by atoms with E-state index in [0.717, 1.165) is 0 Å². The number of nitrogens with one attached hydrogen (secondary N) is 1. The van der Waals surface area contributed by atoms with Crippen molar-refractivity contribution in [1.82, 2.24) is 4.90 Å². The number of hydrogen-bond acceptors (Lipinski definition) is 4. The summed E-state index contributed by atoms with van der Waals surface area (Å²) in [6.07, 6.45) is 0.297. The molecule has 1 aromatic carbocycles. The van der Waals surface area contributed by atoms with E-state index in [-0.39, 0.29) is 24.0 Å². The van der Waals surface area contributed by atoms with Crippen molar-refractivity contribution in [2.45, 2.75) is 6.42 Å². The fourth-order valence-corrected chi connectivity index (χ4v) is 4.06. The van der Waals surface area contributed by atoms with E-state index in [1.54, 1.807) is 0 Å². The lowest BCUT2D eigenvalue weighted by atomic mass is 10.1. The molecule has 1 atom stereocenters. The summed E-state index contributed by atoms with van der Waals surface area (Å²) in [7, 11) is -1.68. The van der Waals surface area contributed by atoms with Crippen LogP contribution in [0.25, 0.3) is 0 Å². The van der Waals surface area contributed by atoms with Crippen LogP contribution in [0.15, 0.2) is 24.3 Å². The van der Waals surface area contributed by atoms with Crippen LogP contribution in [0.2, 0.25) is 0 Å². The second-order valence-corrected chi connectivity index (χ2v) is 7.58. The van der Waals surface area contributed by atoms with Gasteiger partial charge in [-0.15, -0.1) is 0 Å². The maximum atomic E-state index is 12.8. The fourth-order valence-electron chi connectivity index (χ4n) is 2.33. The van der Waals surface area contributed by atoms with E-state index in [4.69, 9.17) is 0 Å². The summed E-state index contributed by atoms with van der Waals surface area (Å²) in [5, 5.41) is 2.54. The van der Waals surface area contributed by atoms with Gasteiger partial charge in [0.25, 0.3) is 0 Å². The fraction of sp³-hybridized carbons (Fsp3) is 0.429. The zero-order chi connectivity index (χ0) is 16.3. The van der Waals surface area contributed by atoms with Gasteiger partial charge in [0.2, 0.25) is 11.8 Å². The topological polar surface area (TPSA) is 83.6 Å². The number of carbonyl (C=O) groups excluding carboxylic acids is 2. The predicted molar refractivity (Wildman–Crippen MR) is 79.4 cm³/mol. The number of rotatable bonds is 4. The molecule has 0 bridgehead atoms. The molecule has 1 fully saturated rings. The summed E-state index contributed by atoms with van der Waals surface area (Å²) in [5.74, 6) is -1.91. The van der Waals surface area contributed by atoms with Gasteiger partial charge in [-0.1, -0.05) is 0 Å². The van der Waals surface area contributed by atoms with Crippen molar-refractivity contribution in [2.24, 2.45) is 5.92 Å². The maximum Gasteiger partial charge on any atom is 0.243 e. The molecule has 120 valence electrons. The summed E-state index contributed by atoms with van der Waals surface area (Å²) in [6.45, 7) is -0.188. The zero-order valence-electron chi connectivity index (χ0n) is 12.1. The Bertz CT molecular complexity index is 673. The molecule has 1 aliphatic rings. The monoisotopic (exact) mass is 328 g/mol. The lowest BCUT2D eigenvalue weighted by Gasteiger charge is -2.19. The van der Waals surface area contributed by atoms with Crippen LogP contribution in [0, 0.1) is 11.7 Å². The normalized spacial score (nSPS) is 19.6. The van der Waals surface area contributed by atoms with Gasteiger partial charge in [-0.05, 0) is 30.7 Å². The summed E-state index contributed by atoms with van der Waals surface area (Å²) in [4.78, 5) is 25.1. The highest BCUT2D eigenvalue weighted by molar-refractivity contribution is 7.91. The SMILES string of the molecule is CN(CC(=O)Nc1ccc(F)cc1)C(=O)[C@H]1CCS(=O)(=O)C1. The van der Waals surface area contributed by atoms with Crippen LogP contribution in [-0.2, 0) is 19.4 Å². The molecule has 0 saturated carbocycles. The molecule has 2 amide bonds. The quantitative estimate of drug-likeness (QED) is 0.880. The third kappa shape index (κ3) is 4.27. The molecule has 1 N–H and O–H groups in total. The largest absolute Gasteiger partial charge is 0.336 e. The van der Waals surface area contributed by atoms with Crippen molar-refractivity contribution in [3.05, 3.63) is 30.1 Å². The van der Waals surface area contributed by atoms with E-state index in [9.17, 15) is 22.4 Å². The zero-order valence-corrected chi connectivity index (χ0v) is 12.9. The Labute approximate surface area is 128 Å². The van der Waals surface area contributed by atoms with E-state index in [0.29, 0.717) is 12.1 Å². The van der Waals surface area contributed by atoms with Crippen LogP contribution in [0.3, 0.4) is 0 Å². The summed E-state index contributed by atoms with van der Waals surface area (Å²) < 4.78 is 35.5. The highest BCUT2D eigenvalue weighted by Crippen LogP contribution is 2.20. The molecule has 1 heterocycles. The molecule has 0 unspecified atom stereocenters. The highest BCUT2D eigenvalue weighted by atomic mass is 32.2. The standard InChI is InChI=1S/C14H17FN2O4S/c1-17(14(19)10-6-7-22(20,21)9-10)8-13(18)16-12-4-2-11(15)3-5-12/h2-5,10H,6-9H2,1H3,(H,16,18)/t10-/m0/s1. The van der Waals surface area contributed by atoms with E-state index in [2.05, 4.69) is 5.32 Å². The van der Waals surface area contributed by atoms with Gasteiger partial charge in [0.05, 0.1) is 24.0 Å².